The molecule has 0 aliphatic rings. The van der Waals surface area contributed by atoms with Crippen molar-refractivity contribution in [2.24, 2.45) is 0 Å². The van der Waals surface area contributed by atoms with E-state index in [0.29, 0.717) is 13.0 Å². The Morgan fingerprint density at radius 3 is 2.10 bits per heavy atom. The second-order valence-corrected chi connectivity index (χ2v) is 4.64. The van der Waals surface area contributed by atoms with Gasteiger partial charge in [-0.15, -0.1) is 0 Å². The number of rotatable bonds is 8. The van der Waals surface area contributed by atoms with Gasteiger partial charge in [0.15, 0.2) is 6.10 Å². The summed E-state index contributed by atoms with van der Waals surface area (Å²) >= 11 is 0. The van der Waals surface area contributed by atoms with Gasteiger partial charge in [-0.3, -0.25) is 0 Å². The first-order valence-corrected chi connectivity index (χ1v) is 6.75. The van der Waals surface area contributed by atoms with Crippen molar-refractivity contribution >= 4 is 5.97 Å². The van der Waals surface area contributed by atoms with Gasteiger partial charge in [0.05, 0.1) is 6.61 Å². The highest BCUT2D eigenvalue weighted by Gasteiger charge is 2.18. The van der Waals surface area contributed by atoms with Crippen molar-refractivity contribution in [3.8, 4) is 0 Å². The van der Waals surface area contributed by atoms with Gasteiger partial charge in [-0.25, -0.2) is 4.79 Å². The molecule has 0 saturated carbocycles. The average molecular weight is 286 g/mol. The summed E-state index contributed by atoms with van der Waals surface area (Å²) in [4.78, 5) is 11.2. The van der Waals surface area contributed by atoms with Gasteiger partial charge < -0.3 is 14.6 Å². The van der Waals surface area contributed by atoms with Gasteiger partial charge in [-0.1, -0.05) is 60.7 Å². The molecule has 0 fully saturated rings. The monoisotopic (exact) mass is 286 g/mol. The van der Waals surface area contributed by atoms with Crippen LogP contribution in [0.1, 0.15) is 11.1 Å². The zero-order valence-electron chi connectivity index (χ0n) is 11.6. The van der Waals surface area contributed by atoms with Crippen LogP contribution in [0.3, 0.4) is 0 Å². The normalized spacial score (nSPS) is 12.0. The summed E-state index contributed by atoms with van der Waals surface area (Å²) in [6.45, 7) is 0.358. The molecule has 1 atom stereocenters. The van der Waals surface area contributed by atoms with Crippen molar-refractivity contribution in [1.29, 1.82) is 0 Å². The van der Waals surface area contributed by atoms with Gasteiger partial charge in [-0.2, -0.15) is 0 Å². The number of ether oxygens (including phenoxy) is 2. The molecule has 0 aliphatic carbocycles. The minimum Gasteiger partial charge on any atom is -0.479 e. The summed E-state index contributed by atoms with van der Waals surface area (Å²) in [6.07, 6.45) is -0.576. The fraction of sp³-hybridized carbons (Fsp3) is 0.235. The Balaban J connectivity index is 1.77. The van der Waals surface area contributed by atoms with Crippen molar-refractivity contribution in [3.63, 3.8) is 0 Å². The Hall–Kier alpha value is -2.17. The second-order valence-electron chi connectivity index (χ2n) is 4.64. The molecule has 2 aromatic carbocycles. The van der Waals surface area contributed by atoms with E-state index in [1.54, 1.807) is 0 Å². The van der Waals surface area contributed by atoms with E-state index in [0.717, 1.165) is 11.1 Å². The van der Waals surface area contributed by atoms with Gasteiger partial charge in [-0.05, 0) is 11.1 Å². The number of benzene rings is 2. The molecule has 0 saturated heterocycles. The maximum absolute atomic E-state index is 11.2. The highest BCUT2D eigenvalue weighted by Crippen LogP contribution is 2.07. The summed E-state index contributed by atoms with van der Waals surface area (Å²) in [5.41, 5.74) is 1.95. The molecule has 110 valence electrons. The van der Waals surface area contributed by atoms with E-state index in [1.165, 1.54) is 0 Å². The molecular weight excluding hydrogens is 268 g/mol. The van der Waals surface area contributed by atoms with Crippen LogP contribution in [-0.2, 0) is 27.3 Å². The van der Waals surface area contributed by atoms with Crippen molar-refractivity contribution in [1.82, 2.24) is 0 Å². The average Bonchev–Trinajstić information content (AvgIpc) is 2.52. The van der Waals surface area contributed by atoms with E-state index >= 15 is 0 Å². The number of carbonyl (C=O) groups is 1. The first-order valence-electron chi connectivity index (χ1n) is 6.75. The summed E-state index contributed by atoms with van der Waals surface area (Å²) in [6, 6.07) is 19.1. The van der Waals surface area contributed by atoms with Crippen LogP contribution in [-0.4, -0.2) is 24.0 Å². The van der Waals surface area contributed by atoms with E-state index in [-0.39, 0.29) is 6.79 Å². The predicted octanol–water partition coefficient (Wildman–Crippen LogP) is 2.87. The maximum atomic E-state index is 11.2. The van der Waals surface area contributed by atoms with E-state index in [9.17, 15) is 9.90 Å². The lowest BCUT2D eigenvalue weighted by atomic mass is 10.1. The van der Waals surface area contributed by atoms with Gasteiger partial charge in [0.1, 0.15) is 6.79 Å². The standard InChI is InChI=1S/C17H18O4/c18-17(19)16(11-14-7-3-1-4-8-14)21-13-20-12-15-9-5-2-6-10-15/h1-10,16H,11-13H2,(H,18,19)/t16-/m1/s1. The third-order valence-corrected chi connectivity index (χ3v) is 3.00. The number of hydrogen-bond acceptors (Lipinski definition) is 3. The summed E-state index contributed by atoms with van der Waals surface area (Å²) in [5.74, 6) is -0.984. The molecule has 2 aromatic rings. The highest BCUT2D eigenvalue weighted by molar-refractivity contribution is 5.72. The molecule has 1 N–H and O–H groups in total. The van der Waals surface area contributed by atoms with Crippen molar-refractivity contribution in [2.45, 2.75) is 19.1 Å². The predicted molar refractivity (Wildman–Crippen MR) is 78.8 cm³/mol. The Kier molecular flexibility index (Phi) is 5.94. The molecule has 0 aromatic heterocycles. The lowest BCUT2D eigenvalue weighted by Gasteiger charge is -2.14. The molecule has 0 spiro atoms. The summed E-state index contributed by atoms with van der Waals surface area (Å²) in [5, 5.41) is 9.17. The minimum absolute atomic E-state index is 0.0430. The van der Waals surface area contributed by atoms with Crippen LogP contribution in [0.15, 0.2) is 60.7 Å². The van der Waals surface area contributed by atoms with Crippen molar-refractivity contribution in [2.75, 3.05) is 6.79 Å². The Labute approximate surface area is 123 Å². The fourth-order valence-corrected chi connectivity index (χ4v) is 1.91. The Morgan fingerprint density at radius 1 is 0.952 bits per heavy atom. The number of carboxylic acids is 1. The molecule has 0 amide bonds. The van der Waals surface area contributed by atoms with E-state index in [1.807, 2.05) is 60.7 Å². The summed E-state index contributed by atoms with van der Waals surface area (Å²) < 4.78 is 10.7. The molecule has 4 nitrogen and oxygen atoms in total. The van der Waals surface area contributed by atoms with Crippen LogP contribution in [0.5, 0.6) is 0 Å². The van der Waals surface area contributed by atoms with Crippen LogP contribution in [0, 0.1) is 0 Å². The molecule has 0 aliphatic heterocycles. The largest absolute Gasteiger partial charge is 0.479 e. The van der Waals surface area contributed by atoms with Gasteiger partial charge in [0, 0.05) is 6.42 Å². The van der Waals surface area contributed by atoms with Gasteiger partial charge in [0.2, 0.25) is 0 Å². The molecule has 0 heterocycles. The van der Waals surface area contributed by atoms with Crippen LogP contribution in [0.4, 0.5) is 0 Å². The molecule has 0 bridgehead atoms. The third kappa shape index (κ3) is 5.38. The maximum Gasteiger partial charge on any atom is 0.333 e. The summed E-state index contributed by atoms with van der Waals surface area (Å²) in [7, 11) is 0. The van der Waals surface area contributed by atoms with Crippen LogP contribution in [0.25, 0.3) is 0 Å². The van der Waals surface area contributed by atoms with Crippen LogP contribution < -0.4 is 0 Å². The number of carboxylic acid groups (broad SMARTS) is 1. The zero-order chi connectivity index (χ0) is 14.9. The minimum atomic E-state index is -0.984. The molecule has 0 unspecified atom stereocenters. The topological polar surface area (TPSA) is 55.8 Å². The third-order valence-electron chi connectivity index (χ3n) is 3.00. The highest BCUT2D eigenvalue weighted by atomic mass is 16.7. The molecule has 0 radical (unpaired) electrons. The smallest absolute Gasteiger partial charge is 0.333 e. The second kappa shape index (κ2) is 8.19. The molecule has 4 heteroatoms. The van der Waals surface area contributed by atoms with Crippen molar-refractivity contribution in [3.05, 3.63) is 71.8 Å². The van der Waals surface area contributed by atoms with E-state index < -0.39 is 12.1 Å². The van der Waals surface area contributed by atoms with Crippen LogP contribution >= 0.6 is 0 Å². The van der Waals surface area contributed by atoms with Gasteiger partial charge in [0.25, 0.3) is 0 Å². The first-order chi connectivity index (χ1) is 10.3. The van der Waals surface area contributed by atoms with Crippen molar-refractivity contribution < 1.29 is 19.4 Å². The Morgan fingerprint density at radius 2 is 1.52 bits per heavy atom. The number of aliphatic carboxylic acids is 1. The lowest BCUT2D eigenvalue weighted by Crippen LogP contribution is -2.27. The zero-order valence-corrected chi connectivity index (χ0v) is 11.6. The molecule has 21 heavy (non-hydrogen) atoms. The fourth-order valence-electron chi connectivity index (χ4n) is 1.91. The van der Waals surface area contributed by atoms with Crippen LogP contribution in [0.2, 0.25) is 0 Å². The van der Waals surface area contributed by atoms with E-state index in [2.05, 4.69) is 0 Å². The SMILES string of the molecule is O=C(O)[C@@H](Cc1ccccc1)OCOCc1ccccc1. The quantitative estimate of drug-likeness (QED) is 0.599. The van der Waals surface area contributed by atoms with Gasteiger partial charge >= 0.3 is 5.97 Å². The lowest BCUT2D eigenvalue weighted by molar-refractivity contribution is -0.161. The van der Waals surface area contributed by atoms with E-state index in [4.69, 9.17) is 9.47 Å². The molecule has 2 rings (SSSR count). The number of hydrogen-bond donors (Lipinski definition) is 1. The molecular formula is C17H18O4. The first kappa shape index (κ1) is 15.2. The Bertz CT molecular complexity index is 539.